The molecule has 0 saturated carbocycles. The third kappa shape index (κ3) is 5.55. The molecule has 1 aliphatic heterocycles. The second kappa shape index (κ2) is 10.0. The summed E-state index contributed by atoms with van der Waals surface area (Å²) < 4.78 is 28.4. The number of hydrogen-bond donors (Lipinski definition) is 0. The molecule has 0 N–H and O–H groups in total. The third-order valence-electron chi connectivity index (χ3n) is 5.18. The fraction of sp³-hybridized carbons (Fsp3) is 0.143. The van der Waals surface area contributed by atoms with Crippen LogP contribution in [-0.4, -0.2) is 13.6 Å². The first-order valence-corrected chi connectivity index (χ1v) is 13.3. The van der Waals surface area contributed by atoms with E-state index >= 15 is 0 Å². The minimum absolute atomic E-state index is 0.0145. The second-order valence-corrected chi connectivity index (χ2v) is 12.3. The van der Waals surface area contributed by atoms with Crippen molar-refractivity contribution >= 4 is 77.2 Å². The van der Waals surface area contributed by atoms with E-state index < -0.39 is 50.3 Å². The highest BCUT2D eigenvalue weighted by Crippen LogP contribution is 2.62. The van der Waals surface area contributed by atoms with Gasteiger partial charge in [0.15, 0.2) is 0 Å². The number of hydrogen-bond acceptors (Lipinski definition) is 8. The summed E-state index contributed by atoms with van der Waals surface area (Å²) >= 11 is 31.1. The number of aryl methyl sites for hydroxylation is 1. The molecular weight excluding hydrogens is 616 g/mol. The number of benzene rings is 3. The Kier molecular flexibility index (Phi) is 7.47. The molecule has 0 spiro atoms. The van der Waals surface area contributed by atoms with E-state index in [0.717, 1.165) is 12.1 Å². The van der Waals surface area contributed by atoms with E-state index in [1.165, 1.54) is 18.2 Å². The Morgan fingerprint density at radius 2 is 1.35 bits per heavy atom. The first-order chi connectivity index (χ1) is 17.2. The summed E-state index contributed by atoms with van der Waals surface area (Å²) in [4.78, 5) is 22.1. The second-order valence-electron chi connectivity index (χ2n) is 7.66. The molecule has 1 aliphatic rings. The molecule has 0 amide bonds. The number of fused-ring (bicyclic) bond motifs is 2. The molecule has 0 saturated heterocycles. The van der Waals surface area contributed by atoms with Crippen molar-refractivity contribution < 1.29 is 28.0 Å². The van der Waals surface area contributed by atoms with Gasteiger partial charge in [0, 0.05) is 33.3 Å². The van der Waals surface area contributed by atoms with Crippen molar-refractivity contribution in [1.29, 1.82) is 0 Å². The number of phosphoric acid groups is 1. The molecule has 194 valence electrons. The molecule has 16 heteroatoms. The van der Waals surface area contributed by atoms with Crippen molar-refractivity contribution in [3.8, 4) is 17.2 Å². The van der Waals surface area contributed by atoms with Crippen LogP contribution in [0.25, 0.3) is 0 Å². The van der Waals surface area contributed by atoms with Crippen molar-refractivity contribution in [3.05, 3.63) is 95.5 Å². The zero-order valence-electron chi connectivity index (χ0n) is 18.2. The fourth-order valence-corrected chi connectivity index (χ4v) is 6.23. The number of nitrogens with zero attached hydrogens (tertiary/aromatic N) is 2. The van der Waals surface area contributed by atoms with Crippen molar-refractivity contribution in [3.63, 3.8) is 0 Å². The van der Waals surface area contributed by atoms with Gasteiger partial charge in [-0.15, -0.1) is 0 Å². The molecule has 0 bridgehead atoms. The first kappa shape index (κ1) is 27.6. The zero-order chi connectivity index (χ0) is 27.3. The molecule has 4 rings (SSSR count). The Balaban J connectivity index is 2.12. The number of alkyl halides is 3. The smallest absolute Gasteiger partial charge is 0.386 e. The van der Waals surface area contributed by atoms with E-state index in [4.69, 9.17) is 71.6 Å². The van der Waals surface area contributed by atoms with Crippen LogP contribution in [0.15, 0.2) is 48.5 Å². The summed E-state index contributed by atoms with van der Waals surface area (Å²) in [5, 5.41) is 23.5. The van der Waals surface area contributed by atoms with Gasteiger partial charge in [0.05, 0.1) is 15.8 Å². The van der Waals surface area contributed by atoms with Crippen molar-refractivity contribution in [1.82, 2.24) is 0 Å². The van der Waals surface area contributed by atoms with Crippen LogP contribution in [0.1, 0.15) is 22.6 Å². The van der Waals surface area contributed by atoms with Crippen LogP contribution in [0.4, 0.5) is 11.4 Å². The highest BCUT2D eigenvalue weighted by atomic mass is 35.6. The van der Waals surface area contributed by atoms with E-state index in [0.29, 0.717) is 5.56 Å². The maximum Gasteiger partial charge on any atom is 0.647 e. The lowest BCUT2D eigenvalue weighted by Gasteiger charge is -2.32. The van der Waals surface area contributed by atoms with E-state index in [9.17, 15) is 24.8 Å². The monoisotopic (exact) mass is 626 g/mol. The normalized spacial score (nSPS) is 18.8. The topological polar surface area (TPSA) is 131 Å². The summed E-state index contributed by atoms with van der Waals surface area (Å²) in [5.41, 5.74) is -1.47. The van der Waals surface area contributed by atoms with Gasteiger partial charge < -0.3 is 13.6 Å². The SMILES string of the molecule is Cc1ccccc1OP1(=O)Oc2c(cc(Cl)cc2[N+](=O)[O-])C(C(Cl)(Cl)Cl)c2cc(Cl)cc([N+](=O)[O-])c2O1. The molecule has 0 aliphatic carbocycles. The maximum atomic E-state index is 14.1. The molecular formula is C21H12Cl5N2O8P. The lowest BCUT2D eigenvalue weighted by molar-refractivity contribution is -0.385. The Hall–Kier alpha value is -2.46. The van der Waals surface area contributed by atoms with Crippen LogP contribution >= 0.6 is 65.8 Å². The molecule has 0 aromatic heterocycles. The molecule has 0 atom stereocenters. The number of nitro benzene ring substituents is 2. The van der Waals surface area contributed by atoms with Crippen LogP contribution in [0.3, 0.4) is 0 Å². The predicted molar refractivity (Wildman–Crippen MR) is 139 cm³/mol. The van der Waals surface area contributed by atoms with Gasteiger partial charge in [-0.05, 0) is 30.7 Å². The Labute approximate surface area is 233 Å². The average Bonchev–Trinajstić information content (AvgIpc) is 2.76. The number of halogens is 5. The maximum absolute atomic E-state index is 14.1. The van der Waals surface area contributed by atoms with E-state index in [1.807, 2.05) is 0 Å². The van der Waals surface area contributed by atoms with Crippen molar-refractivity contribution in [2.75, 3.05) is 0 Å². The molecule has 10 nitrogen and oxygen atoms in total. The largest absolute Gasteiger partial charge is 0.647 e. The van der Waals surface area contributed by atoms with Crippen LogP contribution in [0, 0.1) is 27.2 Å². The number of phosphoric ester groups is 1. The van der Waals surface area contributed by atoms with Gasteiger partial charge in [-0.25, -0.2) is 0 Å². The standard InChI is InChI=1S/C21H12Cl5N2O8P/c1-10-4-2-3-5-17(10)34-37(33)35-19-13(6-11(22)8-15(19)27(29)30)18(21(24,25)26)14-7-12(23)9-16(28(31)32)20(14)36-37/h2-9,18H,1H3. The Morgan fingerprint density at radius 1 is 0.892 bits per heavy atom. The van der Waals surface area contributed by atoms with Crippen molar-refractivity contribution in [2.45, 2.75) is 16.6 Å². The quantitative estimate of drug-likeness (QED) is 0.122. The molecule has 0 radical (unpaired) electrons. The van der Waals surface area contributed by atoms with Gasteiger partial charge >= 0.3 is 19.2 Å². The molecule has 37 heavy (non-hydrogen) atoms. The van der Waals surface area contributed by atoms with Gasteiger partial charge in [-0.1, -0.05) is 76.2 Å². The van der Waals surface area contributed by atoms with Gasteiger partial charge in [0.2, 0.25) is 15.3 Å². The van der Waals surface area contributed by atoms with Crippen LogP contribution in [-0.2, 0) is 4.57 Å². The summed E-state index contributed by atoms with van der Waals surface area (Å²) in [7, 11) is -4.96. The number of nitro groups is 2. The molecule has 3 aromatic carbocycles. The number of para-hydroxylation sites is 1. The molecule has 0 unspecified atom stereocenters. The predicted octanol–water partition coefficient (Wildman–Crippen LogP) is 8.58. The zero-order valence-corrected chi connectivity index (χ0v) is 22.9. The molecule has 0 fully saturated rings. The summed E-state index contributed by atoms with van der Waals surface area (Å²) in [6, 6.07) is 10.5. The van der Waals surface area contributed by atoms with E-state index in [2.05, 4.69) is 0 Å². The molecule has 3 aromatic rings. The third-order valence-corrected chi connectivity index (χ3v) is 7.50. The minimum atomic E-state index is -4.96. The van der Waals surface area contributed by atoms with Gasteiger partial charge in [0.1, 0.15) is 5.75 Å². The van der Waals surface area contributed by atoms with E-state index in [1.54, 1.807) is 25.1 Å². The molecule has 1 heterocycles. The Bertz CT molecular complexity index is 1420. The van der Waals surface area contributed by atoms with Gasteiger partial charge in [0.25, 0.3) is 0 Å². The van der Waals surface area contributed by atoms with Gasteiger partial charge in [-0.2, -0.15) is 4.57 Å². The Morgan fingerprint density at radius 3 is 1.76 bits per heavy atom. The minimum Gasteiger partial charge on any atom is -0.386 e. The highest BCUT2D eigenvalue weighted by molar-refractivity contribution is 7.49. The lowest BCUT2D eigenvalue weighted by atomic mass is 9.90. The van der Waals surface area contributed by atoms with Crippen LogP contribution < -0.4 is 13.6 Å². The summed E-state index contributed by atoms with van der Waals surface area (Å²) in [6.45, 7) is 1.62. The first-order valence-electron chi connectivity index (χ1n) is 9.97. The van der Waals surface area contributed by atoms with Crippen LogP contribution in [0.5, 0.6) is 17.2 Å². The van der Waals surface area contributed by atoms with Gasteiger partial charge in [-0.3, -0.25) is 20.2 Å². The van der Waals surface area contributed by atoms with Crippen molar-refractivity contribution in [2.24, 2.45) is 0 Å². The van der Waals surface area contributed by atoms with E-state index in [-0.39, 0.29) is 26.9 Å². The summed E-state index contributed by atoms with van der Waals surface area (Å²) in [6.07, 6.45) is 0. The average molecular weight is 629 g/mol. The highest BCUT2D eigenvalue weighted by Gasteiger charge is 2.49. The number of rotatable bonds is 4. The lowest BCUT2D eigenvalue weighted by Crippen LogP contribution is -2.24. The summed E-state index contributed by atoms with van der Waals surface area (Å²) in [5.74, 6) is -2.79. The van der Waals surface area contributed by atoms with Crippen LogP contribution in [0.2, 0.25) is 10.0 Å². The fourth-order valence-electron chi connectivity index (χ4n) is 3.68.